The summed E-state index contributed by atoms with van der Waals surface area (Å²) < 4.78 is 39.4. The zero-order valence-electron chi connectivity index (χ0n) is 18.0. The minimum atomic E-state index is -3.31. The van der Waals surface area contributed by atoms with Crippen LogP contribution in [0.3, 0.4) is 0 Å². The largest absolute Gasteiger partial charge is 0.350 e. The molecule has 0 aliphatic carbocycles. The van der Waals surface area contributed by atoms with Gasteiger partial charge in [-0.15, -0.1) is 0 Å². The van der Waals surface area contributed by atoms with E-state index < -0.39 is 10.0 Å². The fraction of sp³-hybridized carbons (Fsp3) is 0.250. The minimum Gasteiger partial charge on any atom is -0.350 e. The topological polar surface area (TPSA) is 79.4 Å². The molecule has 1 aliphatic heterocycles. The van der Waals surface area contributed by atoms with E-state index in [4.69, 9.17) is 0 Å². The molecule has 6 nitrogen and oxygen atoms in total. The molecule has 2 aromatic carbocycles. The first-order valence-corrected chi connectivity index (χ1v) is 13.1. The monoisotopic (exact) mass is 531 g/mol. The average molecular weight is 532 g/mol. The van der Waals surface area contributed by atoms with Gasteiger partial charge in [0.2, 0.25) is 10.0 Å². The second kappa shape index (κ2) is 9.70. The number of rotatable bonds is 6. The Hall–Kier alpha value is -2.62. The average Bonchev–Trinajstić information content (AvgIpc) is 3.26. The van der Waals surface area contributed by atoms with Gasteiger partial charge in [0.25, 0.3) is 5.91 Å². The van der Waals surface area contributed by atoms with Gasteiger partial charge in [0.05, 0.1) is 23.0 Å². The molecule has 1 saturated heterocycles. The minimum absolute atomic E-state index is 0.241. The second-order valence-electron chi connectivity index (χ2n) is 8.02. The van der Waals surface area contributed by atoms with Gasteiger partial charge in [0.15, 0.2) is 0 Å². The molecule has 0 bridgehead atoms. The van der Waals surface area contributed by atoms with Crippen molar-refractivity contribution < 1.29 is 17.6 Å². The number of sulfonamides is 1. The molecule has 9 heteroatoms. The number of pyridine rings is 1. The van der Waals surface area contributed by atoms with E-state index in [0.29, 0.717) is 35.1 Å². The van der Waals surface area contributed by atoms with Crippen molar-refractivity contribution in [1.29, 1.82) is 0 Å². The highest BCUT2D eigenvalue weighted by Crippen LogP contribution is 2.25. The Balaban J connectivity index is 1.61. The quantitative estimate of drug-likeness (QED) is 0.509. The van der Waals surface area contributed by atoms with Gasteiger partial charge in [-0.05, 0) is 60.9 Å². The number of nitrogens with one attached hydrogen (secondary N) is 1. The lowest BCUT2D eigenvalue weighted by Crippen LogP contribution is -2.42. The number of carbonyl (C=O) groups is 1. The summed E-state index contributed by atoms with van der Waals surface area (Å²) in [7, 11) is -3.31. The van der Waals surface area contributed by atoms with Crippen LogP contribution in [0.4, 0.5) is 4.39 Å². The summed E-state index contributed by atoms with van der Waals surface area (Å²) in [5.41, 5.74) is 2.49. The summed E-state index contributed by atoms with van der Waals surface area (Å²) in [4.78, 5) is 17.8. The number of nitrogens with zero attached hydrogens (tertiary/aromatic N) is 2. The first-order chi connectivity index (χ1) is 15.7. The van der Waals surface area contributed by atoms with E-state index >= 15 is 0 Å². The highest BCUT2D eigenvalue weighted by atomic mass is 79.9. The number of hydrogen-bond acceptors (Lipinski definition) is 4. The number of carbonyl (C=O) groups excluding carboxylic acids is 1. The Morgan fingerprint density at radius 2 is 1.97 bits per heavy atom. The Kier molecular flexibility index (Phi) is 6.92. The highest BCUT2D eigenvalue weighted by Gasteiger charge is 2.31. The van der Waals surface area contributed by atoms with Crippen LogP contribution in [0.5, 0.6) is 0 Å². The molecular weight excluding hydrogens is 509 g/mol. The van der Waals surface area contributed by atoms with E-state index in [-0.39, 0.29) is 24.3 Å². The van der Waals surface area contributed by atoms with E-state index in [1.807, 2.05) is 18.2 Å². The molecule has 2 heterocycles. The fourth-order valence-corrected chi connectivity index (χ4v) is 5.55. The highest BCUT2D eigenvalue weighted by molar-refractivity contribution is 9.10. The molecule has 172 valence electrons. The summed E-state index contributed by atoms with van der Waals surface area (Å²) in [5, 5.41) is 3.60. The predicted octanol–water partition coefficient (Wildman–Crippen LogP) is 4.46. The van der Waals surface area contributed by atoms with Crippen LogP contribution in [0, 0.1) is 5.82 Å². The van der Waals surface area contributed by atoms with Gasteiger partial charge >= 0.3 is 0 Å². The third kappa shape index (κ3) is 5.66. The van der Waals surface area contributed by atoms with Crippen molar-refractivity contribution in [2.24, 2.45) is 0 Å². The molecule has 1 atom stereocenters. The van der Waals surface area contributed by atoms with Crippen molar-refractivity contribution in [3.63, 3.8) is 0 Å². The zero-order valence-corrected chi connectivity index (χ0v) is 20.4. The molecule has 0 saturated carbocycles. The number of amides is 1. The Labute approximate surface area is 200 Å². The van der Waals surface area contributed by atoms with Gasteiger partial charge in [0.1, 0.15) is 5.82 Å². The molecule has 1 amide bonds. The fourth-order valence-electron chi connectivity index (χ4n) is 4.00. The third-order valence-electron chi connectivity index (χ3n) is 5.60. The maximum Gasteiger partial charge on any atom is 0.252 e. The molecule has 1 N–H and O–H groups in total. The number of fused-ring (bicyclic) bond motifs is 1. The van der Waals surface area contributed by atoms with Crippen LogP contribution in [0.2, 0.25) is 0 Å². The second-order valence-corrected chi connectivity index (χ2v) is 10.9. The number of aromatic nitrogens is 1. The van der Waals surface area contributed by atoms with Crippen molar-refractivity contribution in [3.8, 4) is 0 Å². The summed E-state index contributed by atoms with van der Waals surface area (Å²) in [5.74, 6) is -0.602. The Morgan fingerprint density at radius 3 is 2.70 bits per heavy atom. The molecule has 4 rings (SSSR count). The van der Waals surface area contributed by atoms with Gasteiger partial charge in [-0.25, -0.2) is 17.8 Å². The molecule has 1 aromatic heterocycles. The van der Waals surface area contributed by atoms with Crippen molar-refractivity contribution in [2.45, 2.75) is 18.9 Å². The van der Waals surface area contributed by atoms with Gasteiger partial charge in [0, 0.05) is 29.0 Å². The standard InChI is InChI=1S/C24H23BrFN3O3S/c1-33(31,32)29-12-2-3-20(29)15-27-24(30)22-14-19(10-6-16-4-8-18(26)9-5-16)28-23-11-7-17(25)13-21(22)23/h4-11,13-14,20H,2-3,12,15H2,1H3,(H,27,30)/b10-6+/t20-/m1/s1. The van der Waals surface area contributed by atoms with Crippen LogP contribution in [-0.2, 0) is 10.0 Å². The molecule has 0 radical (unpaired) electrons. The van der Waals surface area contributed by atoms with E-state index in [1.165, 1.54) is 22.7 Å². The van der Waals surface area contributed by atoms with Crippen LogP contribution in [0.15, 0.2) is 53.0 Å². The molecule has 0 spiro atoms. The van der Waals surface area contributed by atoms with Crippen molar-refractivity contribution in [2.75, 3.05) is 19.3 Å². The molecule has 33 heavy (non-hydrogen) atoms. The molecule has 3 aromatic rings. The zero-order chi connectivity index (χ0) is 23.6. The summed E-state index contributed by atoms with van der Waals surface area (Å²) in [6.45, 7) is 0.716. The first kappa shape index (κ1) is 23.5. The van der Waals surface area contributed by atoms with Crippen molar-refractivity contribution in [1.82, 2.24) is 14.6 Å². The van der Waals surface area contributed by atoms with Crippen molar-refractivity contribution >= 4 is 54.9 Å². The maximum absolute atomic E-state index is 13.2. The van der Waals surface area contributed by atoms with E-state index in [2.05, 4.69) is 26.2 Å². The van der Waals surface area contributed by atoms with Crippen LogP contribution >= 0.6 is 15.9 Å². The van der Waals surface area contributed by atoms with Crippen molar-refractivity contribution in [3.05, 3.63) is 75.6 Å². The molecular formula is C24H23BrFN3O3S. The predicted molar refractivity (Wildman–Crippen MR) is 132 cm³/mol. The summed E-state index contributed by atoms with van der Waals surface area (Å²) in [6, 6.07) is 13.1. The normalized spacial score (nSPS) is 17.1. The van der Waals surface area contributed by atoms with Gasteiger partial charge in [-0.1, -0.05) is 34.1 Å². The maximum atomic E-state index is 13.2. The lowest BCUT2D eigenvalue weighted by atomic mass is 10.1. The summed E-state index contributed by atoms with van der Waals surface area (Å²) in [6.07, 6.45) is 6.25. The first-order valence-electron chi connectivity index (χ1n) is 10.5. The number of halogens is 2. The number of hydrogen-bond donors (Lipinski definition) is 1. The van der Waals surface area contributed by atoms with Crippen LogP contribution in [-0.4, -0.2) is 49.0 Å². The van der Waals surface area contributed by atoms with Gasteiger partial charge < -0.3 is 5.32 Å². The van der Waals surface area contributed by atoms with Crippen LogP contribution in [0.1, 0.15) is 34.5 Å². The Morgan fingerprint density at radius 1 is 1.21 bits per heavy atom. The van der Waals surface area contributed by atoms with E-state index in [0.717, 1.165) is 16.5 Å². The molecule has 0 unspecified atom stereocenters. The summed E-state index contributed by atoms with van der Waals surface area (Å²) >= 11 is 3.45. The van der Waals surface area contributed by atoms with Crippen LogP contribution in [0.25, 0.3) is 23.1 Å². The van der Waals surface area contributed by atoms with Gasteiger partial charge in [-0.2, -0.15) is 4.31 Å². The van der Waals surface area contributed by atoms with E-state index in [1.54, 1.807) is 30.4 Å². The smallest absolute Gasteiger partial charge is 0.252 e. The lowest BCUT2D eigenvalue weighted by molar-refractivity contribution is 0.0948. The lowest BCUT2D eigenvalue weighted by Gasteiger charge is -2.22. The van der Waals surface area contributed by atoms with Gasteiger partial charge in [-0.3, -0.25) is 4.79 Å². The SMILES string of the molecule is CS(=O)(=O)N1CCC[C@@H]1CNC(=O)c1cc(/C=C/c2ccc(F)cc2)nc2ccc(Br)cc12. The number of benzene rings is 2. The molecule has 1 fully saturated rings. The molecule has 1 aliphatic rings. The third-order valence-corrected chi connectivity index (χ3v) is 7.43. The van der Waals surface area contributed by atoms with E-state index in [9.17, 15) is 17.6 Å². The van der Waals surface area contributed by atoms with Crippen LogP contribution < -0.4 is 5.32 Å². The Bertz CT molecular complexity index is 1330.